The van der Waals surface area contributed by atoms with E-state index in [1.165, 1.54) is 0 Å². The van der Waals surface area contributed by atoms with Crippen LogP contribution in [0, 0.1) is 0 Å². The molecule has 0 heterocycles. The maximum Gasteiger partial charge on any atom is 0.227 e. The van der Waals surface area contributed by atoms with Crippen molar-refractivity contribution < 1.29 is 4.79 Å². The van der Waals surface area contributed by atoms with E-state index in [4.69, 9.17) is 11.6 Å². The van der Waals surface area contributed by atoms with Crippen molar-refractivity contribution >= 4 is 17.5 Å². The molecule has 88 valence electrons. The van der Waals surface area contributed by atoms with Gasteiger partial charge in [0.25, 0.3) is 0 Å². The smallest absolute Gasteiger partial charge is 0.227 e. The van der Waals surface area contributed by atoms with Crippen molar-refractivity contribution in [2.45, 2.75) is 25.7 Å². The Balaban J connectivity index is 2.37. The number of hydrogen-bond acceptors (Lipinski definition) is 1. The Labute approximate surface area is 102 Å². The lowest BCUT2D eigenvalue weighted by atomic mass is 10.0. The zero-order chi connectivity index (χ0) is 11.8. The minimum absolute atomic E-state index is 0.0840. The molecule has 0 aromatic heterocycles. The van der Waals surface area contributed by atoms with E-state index in [0.717, 1.165) is 18.4 Å². The van der Waals surface area contributed by atoms with Gasteiger partial charge in [0.2, 0.25) is 5.91 Å². The summed E-state index contributed by atoms with van der Waals surface area (Å²) >= 11 is 5.56. The molecule has 1 unspecified atom stereocenters. The average molecular weight is 240 g/mol. The van der Waals surface area contributed by atoms with Gasteiger partial charge in [0.15, 0.2) is 0 Å². The summed E-state index contributed by atoms with van der Waals surface area (Å²) in [5.74, 6) is 0.655. The summed E-state index contributed by atoms with van der Waals surface area (Å²) in [4.78, 5) is 11.8. The summed E-state index contributed by atoms with van der Waals surface area (Å²) in [6, 6.07) is 9.81. The van der Waals surface area contributed by atoms with E-state index in [0.29, 0.717) is 12.4 Å². The monoisotopic (exact) mass is 239 g/mol. The first kappa shape index (κ1) is 13.0. The maximum absolute atomic E-state index is 11.8. The Morgan fingerprint density at radius 2 is 2.00 bits per heavy atom. The summed E-state index contributed by atoms with van der Waals surface area (Å²) in [7, 11) is 0. The van der Waals surface area contributed by atoms with Crippen molar-refractivity contribution in [1.29, 1.82) is 0 Å². The molecule has 0 bridgehead atoms. The predicted molar refractivity (Wildman–Crippen MR) is 67.8 cm³/mol. The van der Waals surface area contributed by atoms with Crippen molar-refractivity contribution in [3.8, 4) is 0 Å². The van der Waals surface area contributed by atoms with Gasteiger partial charge in [0, 0.05) is 12.4 Å². The molecule has 3 heteroatoms. The first-order chi connectivity index (χ1) is 7.75. The van der Waals surface area contributed by atoms with E-state index in [1.54, 1.807) is 0 Å². The minimum atomic E-state index is -0.0859. The van der Waals surface area contributed by atoms with Gasteiger partial charge < -0.3 is 5.32 Å². The quantitative estimate of drug-likeness (QED) is 0.600. The molecule has 0 fully saturated rings. The highest BCUT2D eigenvalue weighted by Gasteiger charge is 2.13. The van der Waals surface area contributed by atoms with Gasteiger partial charge >= 0.3 is 0 Å². The van der Waals surface area contributed by atoms with Crippen LogP contribution in [0.1, 0.15) is 31.2 Å². The second kappa shape index (κ2) is 7.29. The third kappa shape index (κ3) is 4.23. The molecule has 1 amide bonds. The fourth-order valence-corrected chi connectivity index (χ4v) is 1.67. The number of nitrogens with one attached hydrogen (secondary N) is 1. The molecule has 0 radical (unpaired) electrons. The molecular formula is C13H18ClNO. The van der Waals surface area contributed by atoms with Gasteiger partial charge in [-0.15, -0.1) is 11.6 Å². The standard InChI is InChI=1S/C13H18ClNO/c1-11(12-7-3-2-4-8-12)13(16)15-10-6-5-9-14/h2-4,7-8,11H,5-6,9-10H2,1H3,(H,15,16). The van der Waals surface area contributed by atoms with Gasteiger partial charge in [0.1, 0.15) is 0 Å². The van der Waals surface area contributed by atoms with Crippen LogP contribution >= 0.6 is 11.6 Å². The van der Waals surface area contributed by atoms with Crippen LogP contribution in [-0.2, 0) is 4.79 Å². The van der Waals surface area contributed by atoms with E-state index in [9.17, 15) is 4.79 Å². The van der Waals surface area contributed by atoms with Crippen molar-refractivity contribution in [3.63, 3.8) is 0 Å². The number of halogens is 1. The predicted octanol–water partition coefficient (Wildman–Crippen LogP) is 2.93. The van der Waals surface area contributed by atoms with E-state index in [-0.39, 0.29) is 11.8 Å². The van der Waals surface area contributed by atoms with Gasteiger partial charge in [-0.25, -0.2) is 0 Å². The summed E-state index contributed by atoms with van der Waals surface area (Å²) in [5.41, 5.74) is 1.05. The fraction of sp³-hybridized carbons (Fsp3) is 0.462. The Hall–Kier alpha value is -1.02. The summed E-state index contributed by atoms with van der Waals surface area (Å²) in [6.45, 7) is 2.63. The number of benzene rings is 1. The highest BCUT2D eigenvalue weighted by molar-refractivity contribution is 6.17. The second-order valence-corrected chi connectivity index (χ2v) is 4.20. The van der Waals surface area contributed by atoms with Crippen LogP contribution in [-0.4, -0.2) is 18.3 Å². The fourth-order valence-electron chi connectivity index (χ4n) is 1.48. The molecule has 16 heavy (non-hydrogen) atoms. The largest absolute Gasteiger partial charge is 0.356 e. The number of carbonyl (C=O) groups is 1. The molecular weight excluding hydrogens is 222 g/mol. The Morgan fingerprint density at radius 1 is 1.31 bits per heavy atom. The molecule has 1 rings (SSSR count). The van der Waals surface area contributed by atoms with Crippen LogP contribution in [0.15, 0.2) is 30.3 Å². The van der Waals surface area contributed by atoms with Crippen LogP contribution in [0.2, 0.25) is 0 Å². The Morgan fingerprint density at radius 3 is 2.62 bits per heavy atom. The highest BCUT2D eigenvalue weighted by atomic mass is 35.5. The van der Waals surface area contributed by atoms with Crippen LogP contribution in [0.25, 0.3) is 0 Å². The summed E-state index contributed by atoms with van der Waals surface area (Å²) in [5, 5.41) is 2.92. The van der Waals surface area contributed by atoms with Gasteiger partial charge in [-0.2, -0.15) is 0 Å². The molecule has 2 nitrogen and oxygen atoms in total. The zero-order valence-corrected chi connectivity index (χ0v) is 10.3. The van der Waals surface area contributed by atoms with E-state index < -0.39 is 0 Å². The molecule has 0 spiro atoms. The summed E-state index contributed by atoms with van der Waals surface area (Å²) < 4.78 is 0. The number of alkyl halides is 1. The van der Waals surface area contributed by atoms with Crippen LogP contribution in [0.4, 0.5) is 0 Å². The SMILES string of the molecule is CC(C(=O)NCCCCCl)c1ccccc1. The molecule has 0 aliphatic heterocycles. The molecule has 1 aromatic rings. The lowest BCUT2D eigenvalue weighted by Crippen LogP contribution is -2.28. The van der Waals surface area contributed by atoms with Crippen molar-refractivity contribution in [2.24, 2.45) is 0 Å². The first-order valence-electron chi connectivity index (χ1n) is 5.64. The lowest BCUT2D eigenvalue weighted by molar-refractivity contribution is -0.122. The average Bonchev–Trinajstić information content (AvgIpc) is 2.34. The Bertz CT molecular complexity index is 313. The molecule has 1 atom stereocenters. The third-order valence-electron chi connectivity index (χ3n) is 2.55. The summed E-state index contributed by atoms with van der Waals surface area (Å²) in [6.07, 6.45) is 1.89. The number of unbranched alkanes of at least 4 members (excludes halogenated alkanes) is 1. The molecule has 0 aliphatic rings. The highest BCUT2D eigenvalue weighted by Crippen LogP contribution is 2.14. The van der Waals surface area contributed by atoms with Crippen LogP contribution in [0.5, 0.6) is 0 Å². The van der Waals surface area contributed by atoms with E-state index >= 15 is 0 Å². The minimum Gasteiger partial charge on any atom is -0.356 e. The van der Waals surface area contributed by atoms with Gasteiger partial charge in [-0.1, -0.05) is 30.3 Å². The van der Waals surface area contributed by atoms with Crippen molar-refractivity contribution in [2.75, 3.05) is 12.4 Å². The maximum atomic E-state index is 11.8. The molecule has 0 saturated carbocycles. The van der Waals surface area contributed by atoms with E-state index in [2.05, 4.69) is 5.32 Å². The number of amides is 1. The number of rotatable bonds is 6. The number of hydrogen-bond donors (Lipinski definition) is 1. The topological polar surface area (TPSA) is 29.1 Å². The van der Waals surface area contributed by atoms with Gasteiger partial charge in [0.05, 0.1) is 5.92 Å². The molecule has 1 aromatic carbocycles. The van der Waals surface area contributed by atoms with Crippen molar-refractivity contribution in [3.05, 3.63) is 35.9 Å². The van der Waals surface area contributed by atoms with E-state index in [1.807, 2.05) is 37.3 Å². The molecule has 0 saturated heterocycles. The molecule has 0 aliphatic carbocycles. The van der Waals surface area contributed by atoms with Gasteiger partial charge in [-0.05, 0) is 25.3 Å². The van der Waals surface area contributed by atoms with Crippen LogP contribution in [0.3, 0.4) is 0 Å². The first-order valence-corrected chi connectivity index (χ1v) is 6.17. The lowest BCUT2D eigenvalue weighted by Gasteiger charge is -2.12. The van der Waals surface area contributed by atoms with Crippen molar-refractivity contribution in [1.82, 2.24) is 5.32 Å². The van der Waals surface area contributed by atoms with Gasteiger partial charge in [-0.3, -0.25) is 4.79 Å². The number of carbonyl (C=O) groups excluding carboxylic acids is 1. The normalized spacial score (nSPS) is 12.1. The molecule has 1 N–H and O–H groups in total. The zero-order valence-electron chi connectivity index (χ0n) is 9.58. The van der Waals surface area contributed by atoms with Crippen LogP contribution < -0.4 is 5.32 Å². The Kier molecular flexibility index (Phi) is 5.94. The third-order valence-corrected chi connectivity index (χ3v) is 2.82. The second-order valence-electron chi connectivity index (χ2n) is 3.82.